The van der Waals surface area contributed by atoms with E-state index < -0.39 is 0 Å². The van der Waals surface area contributed by atoms with E-state index in [2.05, 4.69) is 27.1 Å². The summed E-state index contributed by atoms with van der Waals surface area (Å²) >= 11 is 0. The summed E-state index contributed by atoms with van der Waals surface area (Å²) in [5, 5.41) is 3.27. The fourth-order valence-corrected chi connectivity index (χ4v) is 2.36. The molecule has 0 spiro atoms. The Balaban J connectivity index is 1.93. The quantitative estimate of drug-likeness (QED) is 0.845. The molecule has 5 nitrogen and oxygen atoms in total. The summed E-state index contributed by atoms with van der Waals surface area (Å²) in [6.07, 6.45) is 6.43. The fourth-order valence-electron chi connectivity index (χ4n) is 2.36. The van der Waals surface area contributed by atoms with Gasteiger partial charge in [-0.25, -0.2) is 9.97 Å². The third-order valence-corrected chi connectivity index (χ3v) is 3.33. The van der Waals surface area contributed by atoms with Gasteiger partial charge in [0, 0.05) is 44.2 Å². The summed E-state index contributed by atoms with van der Waals surface area (Å²) in [7, 11) is 0. The van der Waals surface area contributed by atoms with Gasteiger partial charge in [-0.1, -0.05) is 6.92 Å². The van der Waals surface area contributed by atoms with Crippen LogP contribution in [0.4, 0.5) is 5.95 Å². The first-order valence-corrected chi connectivity index (χ1v) is 7.21. The molecule has 0 aliphatic carbocycles. The van der Waals surface area contributed by atoms with Crippen molar-refractivity contribution in [1.82, 2.24) is 15.3 Å². The molecule has 0 aromatic carbocycles. The highest BCUT2D eigenvalue weighted by molar-refractivity contribution is 5.30. The van der Waals surface area contributed by atoms with Crippen LogP contribution < -0.4 is 10.2 Å². The minimum absolute atomic E-state index is 0.323. The van der Waals surface area contributed by atoms with Crippen molar-refractivity contribution in [3.63, 3.8) is 0 Å². The van der Waals surface area contributed by atoms with E-state index in [1.807, 2.05) is 19.3 Å². The lowest BCUT2D eigenvalue weighted by molar-refractivity contribution is 0.0523. The number of aromatic nitrogens is 2. The molecule has 1 aromatic heterocycles. The van der Waals surface area contributed by atoms with Gasteiger partial charge in [-0.2, -0.15) is 0 Å². The number of nitrogens with one attached hydrogen (secondary N) is 1. The molecule has 2 heterocycles. The SMILES string of the molecule is CCNCc1cnc(N2CCCC(OCC)C2)nc1. The second-order valence-electron chi connectivity index (χ2n) is 4.84. The maximum atomic E-state index is 5.70. The molecule has 1 N–H and O–H groups in total. The van der Waals surface area contributed by atoms with Gasteiger partial charge in [0.2, 0.25) is 5.95 Å². The third-order valence-electron chi connectivity index (χ3n) is 3.33. The summed E-state index contributed by atoms with van der Waals surface area (Å²) in [6.45, 7) is 8.64. The van der Waals surface area contributed by atoms with Crippen LogP contribution in [0.2, 0.25) is 0 Å². The minimum atomic E-state index is 0.323. The second-order valence-corrected chi connectivity index (χ2v) is 4.84. The number of ether oxygens (including phenoxy) is 1. The molecule has 1 saturated heterocycles. The van der Waals surface area contributed by atoms with Crippen molar-refractivity contribution in [2.45, 2.75) is 39.3 Å². The lowest BCUT2D eigenvalue weighted by Crippen LogP contribution is -2.40. The van der Waals surface area contributed by atoms with Crippen molar-refractivity contribution in [3.05, 3.63) is 18.0 Å². The zero-order valence-corrected chi connectivity index (χ0v) is 11.9. The van der Waals surface area contributed by atoms with E-state index in [-0.39, 0.29) is 0 Å². The van der Waals surface area contributed by atoms with Gasteiger partial charge in [-0.15, -0.1) is 0 Å². The van der Waals surface area contributed by atoms with Gasteiger partial charge in [-0.3, -0.25) is 0 Å². The molecule has 1 unspecified atom stereocenters. The molecule has 106 valence electrons. The van der Waals surface area contributed by atoms with Crippen molar-refractivity contribution in [1.29, 1.82) is 0 Å². The normalized spacial score (nSPS) is 19.7. The van der Waals surface area contributed by atoms with E-state index in [1.165, 1.54) is 0 Å². The van der Waals surface area contributed by atoms with E-state index in [0.717, 1.165) is 57.1 Å². The Labute approximate surface area is 115 Å². The van der Waals surface area contributed by atoms with Gasteiger partial charge in [0.25, 0.3) is 0 Å². The Morgan fingerprint density at radius 1 is 1.37 bits per heavy atom. The molecular formula is C14H24N4O. The van der Waals surface area contributed by atoms with Crippen molar-refractivity contribution >= 4 is 5.95 Å². The van der Waals surface area contributed by atoms with Crippen LogP contribution in [0.3, 0.4) is 0 Å². The molecule has 0 bridgehead atoms. The van der Waals surface area contributed by atoms with E-state index in [1.54, 1.807) is 0 Å². The Bertz CT molecular complexity index is 366. The van der Waals surface area contributed by atoms with Crippen LogP contribution in [0.1, 0.15) is 32.3 Å². The Morgan fingerprint density at radius 2 is 2.16 bits per heavy atom. The van der Waals surface area contributed by atoms with Crippen LogP contribution in [-0.2, 0) is 11.3 Å². The van der Waals surface area contributed by atoms with Crippen molar-refractivity contribution < 1.29 is 4.74 Å². The maximum absolute atomic E-state index is 5.70. The summed E-state index contributed by atoms with van der Waals surface area (Å²) in [5.74, 6) is 0.824. The number of rotatable bonds is 6. The standard InChI is InChI=1S/C14H24N4O/c1-3-15-8-12-9-16-14(17-10-12)18-7-5-6-13(11-18)19-4-2/h9-10,13,15H,3-8,11H2,1-2H3. The van der Waals surface area contributed by atoms with Gasteiger partial charge in [0.15, 0.2) is 0 Å². The molecule has 0 radical (unpaired) electrons. The molecule has 0 saturated carbocycles. The van der Waals surface area contributed by atoms with Crippen LogP contribution in [0.15, 0.2) is 12.4 Å². The third kappa shape index (κ3) is 4.14. The van der Waals surface area contributed by atoms with Crippen LogP contribution in [-0.4, -0.2) is 42.3 Å². The number of nitrogens with zero attached hydrogens (tertiary/aromatic N) is 3. The van der Waals surface area contributed by atoms with Gasteiger partial charge < -0.3 is 15.0 Å². The Morgan fingerprint density at radius 3 is 2.84 bits per heavy atom. The predicted molar refractivity (Wildman–Crippen MR) is 76.3 cm³/mol. The molecule has 1 atom stereocenters. The van der Waals surface area contributed by atoms with Gasteiger partial charge in [0.05, 0.1) is 6.10 Å². The molecule has 1 aliphatic heterocycles. The second kappa shape index (κ2) is 7.40. The molecule has 1 fully saturated rings. The first-order valence-electron chi connectivity index (χ1n) is 7.21. The summed E-state index contributed by atoms with van der Waals surface area (Å²) < 4.78 is 5.70. The monoisotopic (exact) mass is 264 g/mol. The molecule has 2 rings (SSSR count). The summed E-state index contributed by atoms with van der Waals surface area (Å²) in [4.78, 5) is 11.2. The van der Waals surface area contributed by atoms with E-state index in [4.69, 9.17) is 4.74 Å². The Hall–Kier alpha value is -1.20. The van der Waals surface area contributed by atoms with Gasteiger partial charge >= 0.3 is 0 Å². The molecular weight excluding hydrogens is 240 g/mol. The minimum Gasteiger partial charge on any atom is -0.377 e. The first kappa shape index (κ1) is 14.2. The van der Waals surface area contributed by atoms with E-state index in [9.17, 15) is 0 Å². The molecule has 1 aromatic rings. The number of anilines is 1. The number of hydrogen-bond acceptors (Lipinski definition) is 5. The van der Waals surface area contributed by atoms with Crippen LogP contribution >= 0.6 is 0 Å². The van der Waals surface area contributed by atoms with Gasteiger partial charge in [0.1, 0.15) is 0 Å². The lowest BCUT2D eigenvalue weighted by atomic mass is 10.1. The van der Waals surface area contributed by atoms with Crippen LogP contribution in [0, 0.1) is 0 Å². The highest BCUT2D eigenvalue weighted by atomic mass is 16.5. The van der Waals surface area contributed by atoms with Crippen LogP contribution in [0.25, 0.3) is 0 Å². The van der Waals surface area contributed by atoms with E-state index in [0.29, 0.717) is 6.10 Å². The maximum Gasteiger partial charge on any atom is 0.225 e. The smallest absolute Gasteiger partial charge is 0.225 e. The highest BCUT2D eigenvalue weighted by Crippen LogP contribution is 2.17. The number of piperidine rings is 1. The lowest BCUT2D eigenvalue weighted by Gasteiger charge is -2.32. The fraction of sp³-hybridized carbons (Fsp3) is 0.714. The Kier molecular flexibility index (Phi) is 5.54. The van der Waals surface area contributed by atoms with E-state index >= 15 is 0 Å². The summed E-state index contributed by atoms with van der Waals surface area (Å²) in [6, 6.07) is 0. The summed E-state index contributed by atoms with van der Waals surface area (Å²) in [5.41, 5.74) is 1.13. The van der Waals surface area contributed by atoms with Crippen molar-refractivity contribution in [2.75, 3.05) is 31.1 Å². The number of hydrogen-bond donors (Lipinski definition) is 1. The predicted octanol–water partition coefficient (Wildman–Crippen LogP) is 1.59. The molecule has 0 amide bonds. The molecule has 1 aliphatic rings. The van der Waals surface area contributed by atoms with Gasteiger partial charge in [-0.05, 0) is 26.3 Å². The molecule has 5 heteroatoms. The average molecular weight is 264 g/mol. The average Bonchev–Trinajstić information content (AvgIpc) is 2.46. The topological polar surface area (TPSA) is 50.3 Å². The van der Waals surface area contributed by atoms with Crippen molar-refractivity contribution in [3.8, 4) is 0 Å². The van der Waals surface area contributed by atoms with Crippen LogP contribution in [0.5, 0.6) is 0 Å². The largest absolute Gasteiger partial charge is 0.377 e. The zero-order valence-electron chi connectivity index (χ0n) is 11.9. The molecule has 19 heavy (non-hydrogen) atoms. The highest BCUT2D eigenvalue weighted by Gasteiger charge is 2.21. The first-order chi connectivity index (χ1) is 9.33. The zero-order chi connectivity index (χ0) is 13.5. The van der Waals surface area contributed by atoms with Crippen molar-refractivity contribution in [2.24, 2.45) is 0 Å².